The standard InChI is InChI=1S/C16H14Cl2N4O3/c17-10-6-7-13(18)12(8-10)15(24)22-21-14(23)9-19-16(25)20-11-4-2-1-3-5-11/h1-8H,9H2,(H,21,23)(H,22,24)(H2,19,20,25). The van der Waals surface area contributed by atoms with Crippen molar-refractivity contribution in [3.8, 4) is 0 Å². The Balaban J connectivity index is 1.76. The van der Waals surface area contributed by atoms with Gasteiger partial charge in [0.2, 0.25) is 0 Å². The van der Waals surface area contributed by atoms with Crippen LogP contribution in [0, 0.1) is 0 Å². The first-order valence-corrected chi connectivity index (χ1v) is 7.85. The van der Waals surface area contributed by atoms with E-state index in [1.165, 1.54) is 18.2 Å². The summed E-state index contributed by atoms with van der Waals surface area (Å²) < 4.78 is 0. The molecule has 0 atom stereocenters. The van der Waals surface area contributed by atoms with Crippen molar-refractivity contribution in [3.63, 3.8) is 0 Å². The van der Waals surface area contributed by atoms with Crippen molar-refractivity contribution in [1.82, 2.24) is 16.2 Å². The van der Waals surface area contributed by atoms with Crippen molar-refractivity contribution in [3.05, 3.63) is 64.1 Å². The molecular formula is C16H14Cl2N4O3. The highest BCUT2D eigenvalue weighted by Gasteiger charge is 2.12. The maximum absolute atomic E-state index is 11.9. The highest BCUT2D eigenvalue weighted by molar-refractivity contribution is 6.35. The van der Waals surface area contributed by atoms with Gasteiger partial charge in [0, 0.05) is 10.7 Å². The van der Waals surface area contributed by atoms with Crippen LogP contribution in [0.15, 0.2) is 48.5 Å². The number of carbonyl (C=O) groups is 3. The molecule has 4 amide bonds. The molecule has 0 radical (unpaired) electrons. The molecule has 0 bridgehead atoms. The Kier molecular flexibility index (Phi) is 6.62. The summed E-state index contributed by atoms with van der Waals surface area (Å²) in [6.45, 7) is -0.331. The van der Waals surface area contributed by atoms with Gasteiger partial charge in [0.15, 0.2) is 0 Å². The number of para-hydroxylation sites is 1. The number of nitrogens with one attached hydrogen (secondary N) is 4. The molecule has 0 aromatic heterocycles. The molecule has 0 fully saturated rings. The van der Waals surface area contributed by atoms with Gasteiger partial charge in [0.1, 0.15) is 6.54 Å². The Hall–Kier alpha value is -2.77. The number of benzene rings is 2. The van der Waals surface area contributed by atoms with E-state index in [9.17, 15) is 14.4 Å². The molecule has 2 aromatic carbocycles. The van der Waals surface area contributed by atoms with E-state index in [0.29, 0.717) is 10.7 Å². The first-order chi connectivity index (χ1) is 12.0. The molecule has 0 saturated carbocycles. The van der Waals surface area contributed by atoms with Crippen LogP contribution in [0.1, 0.15) is 10.4 Å². The van der Waals surface area contributed by atoms with Crippen molar-refractivity contribution in [2.45, 2.75) is 0 Å². The van der Waals surface area contributed by atoms with Gasteiger partial charge in [-0.25, -0.2) is 4.79 Å². The first-order valence-electron chi connectivity index (χ1n) is 7.10. The van der Waals surface area contributed by atoms with Crippen LogP contribution in [-0.2, 0) is 4.79 Å². The highest BCUT2D eigenvalue weighted by Crippen LogP contribution is 2.20. The fourth-order valence-electron chi connectivity index (χ4n) is 1.77. The molecule has 0 aliphatic rings. The number of urea groups is 1. The van der Waals surface area contributed by atoms with E-state index in [4.69, 9.17) is 23.2 Å². The number of hydrogen-bond acceptors (Lipinski definition) is 3. The number of hydrazine groups is 1. The van der Waals surface area contributed by atoms with Crippen LogP contribution in [0.2, 0.25) is 10.0 Å². The molecule has 0 heterocycles. The third-order valence-corrected chi connectivity index (χ3v) is 3.49. The molecule has 2 aromatic rings. The van der Waals surface area contributed by atoms with Gasteiger partial charge < -0.3 is 10.6 Å². The minimum Gasteiger partial charge on any atom is -0.329 e. The van der Waals surface area contributed by atoms with Crippen molar-refractivity contribution in [1.29, 1.82) is 0 Å². The minimum atomic E-state index is -0.630. The maximum atomic E-state index is 11.9. The fraction of sp³-hybridized carbons (Fsp3) is 0.0625. The van der Waals surface area contributed by atoms with Crippen LogP contribution in [0.4, 0.5) is 10.5 Å². The van der Waals surface area contributed by atoms with E-state index in [1.54, 1.807) is 24.3 Å². The lowest BCUT2D eigenvalue weighted by atomic mass is 10.2. The molecule has 0 aliphatic heterocycles. The molecule has 0 saturated heterocycles. The smallest absolute Gasteiger partial charge is 0.319 e. The third kappa shape index (κ3) is 5.98. The zero-order valence-electron chi connectivity index (χ0n) is 12.8. The van der Waals surface area contributed by atoms with E-state index in [1.807, 2.05) is 6.07 Å². The second-order valence-electron chi connectivity index (χ2n) is 4.80. The largest absolute Gasteiger partial charge is 0.329 e. The predicted octanol–water partition coefficient (Wildman–Crippen LogP) is 2.58. The number of amides is 4. The highest BCUT2D eigenvalue weighted by atomic mass is 35.5. The van der Waals surface area contributed by atoms with Crippen LogP contribution in [0.25, 0.3) is 0 Å². The normalized spacial score (nSPS) is 9.84. The van der Waals surface area contributed by atoms with Crippen molar-refractivity contribution >= 4 is 46.7 Å². The Labute approximate surface area is 153 Å². The molecule has 7 nitrogen and oxygen atoms in total. The minimum absolute atomic E-state index is 0.115. The van der Waals surface area contributed by atoms with Crippen LogP contribution < -0.4 is 21.5 Å². The molecule has 0 aliphatic carbocycles. The summed E-state index contributed by atoms with van der Waals surface area (Å²) in [7, 11) is 0. The van der Waals surface area contributed by atoms with Crippen LogP contribution >= 0.6 is 23.2 Å². The summed E-state index contributed by atoms with van der Waals surface area (Å²) in [6.07, 6.45) is 0. The predicted molar refractivity (Wildman–Crippen MR) is 95.5 cm³/mol. The molecule has 130 valence electrons. The van der Waals surface area contributed by atoms with Gasteiger partial charge in [-0.3, -0.25) is 20.4 Å². The number of hydrogen-bond donors (Lipinski definition) is 4. The lowest BCUT2D eigenvalue weighted by Crippen LogP contribution is -2.47. The van der Waals surface area contributed by atoms with Crippen LogP contribution in [0.5, 0.6) is 0 Å². The second kappa shape index (κ2) is 8.91. The SMILES string of the molecule is O=C(CNC(=O)Nc1ccccc1)NNC(=O)c1cc(Cl)ccc1Cl. The van der Waals surface area contributed by atoms with E-state index in [-0.39, 0.29) is 17.1 Å². The molecule has 2 rings (SSSR count). The van der Waals surface area contributed by atoms with Gasteiger partial charge in [-0.05, 0) is 30.3 Å². The number of halogens is 2. The van der Waals surface area contributed by atoms with Crippen molar-refractivity contribution in [2.24, 2.45) is 0 Å². The van der Waals surface area contributed by atoms with Crippen molar-refractivity contribution < 1.29 is 14.4 Å². The van der Waals surface area contributed by atoms with Gasteiger partial charge >= 0.3 is 6.03 Å². The summed E-state index contributed by atoms with van der Waals surface area (Å²) in [5.74, 6) is -1.25. The monoisotopic (exact) mass is 380 g/mol. The Morgan fingerprint density at radius 1 is 0.920 bits per heavy atom. The Morgan fingerprint density at radius 2 is 1.64 bits per heavy atom. The van der Waals surface area contributed by atoms with Gasteiger partial charge in [-0.1, -0.05) is 41.4 Å². The van der Waals surface area contributed by atoms with Crippen LogP contribution in [0.3, 0.4) is 0 Å². The van der Waals surface area contributed by atoms with E-state index in [2.05, 4.69) is 21.5 Å². The summed E-state index contributed by atoms with van der Waals surface area (Å²) in [4.78, 5) is 35.2. The fourth-order valence-corrected chi connectivity index (χ4v) is 2.14. The van der Waals surface area contributed by atoms with Gasteiger partial charge in [-0.2, -0.15) is 0 Å². The molecule has 9 heteroatoms. The molecule has 0 unspecified atom stereocenters. The lowest BCUT2D eigenvalue weighted by Gasteiger charge is -2.10. The van der Waals surface area contributed by atoms with Crippen LogP contribution in [-0.4, -0.2) is 24.4 Å². The summed E-state index contributed by atoms with van der Waals surface area (Å²) in [5.41, 5.74) is 5.05. The molecule has 0 spiro atoms. The molecule has 25 heavy (non-hydrogen) atoms. The number of carbonyl (C=O) groups excluding carboxylic acids is 3. The Morgan fingerprint density at radius 3 is 2.36 bits per heavy atom. The van der Waals surface area contributed by atoms with Crippen molar-refractivity contribution in [2.75, 3.05) is 11.9 Å². The summed E-state index contributed by atoms with van der Waals surface area (Å²) in [5, 5.41) is 5.43. The quantitative estimate of drug-likeness (QED) is 0.613. The average Bonchev–Trinajstić information content (AvgIpc) is 2.60. The lowest BCUT2D eigenvalue weighted by molar-refractivity contribution is -0.120. The molecule has 4 N–H and O–H groups in total. The Bertz CT molecular complexity index is 784. The summed E-state index contributed by atoms with van der Waals surface area (Å²) >= 11 is 11.7. The number of anilines is 1. The second-order valence-corrected chi connectivity index (χ2v) is 5.64. The zero-order valence-corrected chi connectivity index (χ0v) is 14.3. The van der Waals surface area contributed by atoms with Gasteiger partial charge in [0.25, 0.3) is 11.8 Å². The van der Waals surface area contributed by atoms with E-state index < -0.39 is 17.8 Å². The third-order valence-electron chi connectivity index (χ3n) is 2.93. The average molecular weight is 381 g/mol. The van der Waals surface area contributed by atoms with Gasteiger partial charge in [-0.15, -0.1) is 0 Å². The molecular weight excluding hydrogens is 367 g/mol. The topological polar surface area (TPSA) is 99.3 Å². The zero-order chi connectivity index (χ0) is 18.2. The maximum Gasteiger partial charge on any atom is 0.319 e. The van der Waals surface area contributed by atoms with E-state index >= 15 is 0 Å². The summed E-state index contributed by atoms with van der Waals surface area (Å²) in [6, 6.07) is 12.6. The van der Waals surface area contributed by atoms with Gasteiger partial charge in [0.05, 0.1) is 10.6 Å². The van der Waals surface area contributed by atoms with E-state index in [0.717, 1.165) is 0 Å². The number of rotatable bonds is 4. The first kappa shape index (κ1) is 18.6.